The molecule has 4 aromatic rings. The summed E-state index contributed by atoms with van der Waals surface area (Å²) in [4.78, 5) is 16.9. The van der Waals surface area contributed by atoms with Gasteiger partial charge in [0.2, 0.25) is 0 Å². The Labute approximate surface area is 151 Å². The van der Waals surface area contributed by atoms with Crippen LogP contribution in [0.3, 0.4) is 0 Å². The molecule has 1 heterocycles. The van der Waals surface area contributed by atoms with Gasteiger partial charge in [0.15, 0.2) is 0 Å². The molecule has 0 unspecified atom stereocenters. The Morgan fingerprint density at radius 3 is 2.69 bits per heavy atom. The lowest BCUT2D eigenvalue weighted by molar-refractivity contribution is 0.0952. The van der Waals surface area contributed by atoms with Crippen molar-refractivity contribution in [1.82, 2.24) is 10.3 Å². The molecule has 0 atom stereocenters. The van der Waals surface area contributed by atoms with E-state index < -0.39 is 0 Å². The second kappa shape index (κ2) is 6.84. The van der Waals surface area contributed by atoms with Crippen molar-refractivity contribution in [2.75, 3.05) is 7.11 Å². The number of carbonyl (C=O) groups excluding carboxylic acids is 1. The van der Waals surface area contributed by atoms with Gasteiger partial charge in [-0.05, 0) is 46.7 Å². The summed E-state index contributed by atoms with van der Waals surface area (Å²) in [5.74, 6) is 0.738. The molecule has 0 saturated heterocycles. The van der Waals surface area contributed by atoms with Crippen LogP contribution in [-0.4, -0.2) is 18.0 Å². The molecule has 1 aromatic heterocycles. The molecule has 0 saturated carbocycles. The van der Waals surface area contributed by atoms with Crippen molar-refractivity contribution in [2.24, 2.45) is 0 Å². The molecule has 0 fully saturated rings. The first kappa shape index (κ1) is 16.1. The maximum absolute atomic E-state index is 12.6. The molecule has 3 aromatic carbocycles. The lowest BCUT2D eigenvalue weighted by Crippen LogP contribution is -2.23. The zero-order valence-corrected chi connectivity index (χ0v) is 14.4. The summed E-state index contributed by atoms with van der Waals surface area (Å²) in [6, 6.07) is 21.5. The average molecular weight is 342 g/mol. The number of methoxy groups -OCH3 is 1. The lowest BCUT2D eigenvalue weighted by atomic mass is 10.1. The zero-order valence-electron chi connectivity index (χ0n) is 14.4. The molecule has 0 radical (unpaired) electrons. The number of nitrogens with zero attached hydrogens (tertiary/aromatic N) is 1. The van der Waals surface area contributed by atoms with E-state index in [1.807, 2.05) is 54.6 Å². The minimum Gasteiger partial charge on any atom is -0.497 e. The highest BCUT2D eigenvalue weighted by molar-refractivity contribution is 6.05. The summed E-state index contributed by atoms with van der Waals surface area (Å²) in [6.07, 6.45) is 1.67. The minimum absolute atomic E-state index is 0.0987. The highest BCUT2D eigenvalue weighted by atomic mass is 16.5. The van der Waals surface area contributed by atoms with Crippen LogP contribution in [0.25, 0.3) is 21.7 Å². The molecule has 0 spiro atoms. The van der Waals surface area contributed by atoms with Gasteiger partial charge in [0.25, 0.3) is 5.91 Å². The van der Waals surface area contributed by atoms with E-state index in [4.69, 9.17) is 4.74 Å². The van der Waals surface area contributed by atoms with Crippen molar-refractivity contribution >= 4 is 27.6 Å². The fourth-order valence-corrected chi connectivity index (χ4v) is 3.08. The Hall–Kier alpha value is -3.40. The Kier molecular flexibility index (Phi) is 4.23. The number of ether oxygens (including phenoxy) is 1. The Morgan fingerprint density at radius 1 is 1.00 bits per heavy atom. The van der Waals surface area contributed by atoms with Gasteiger partial charge >= 0.3 is 0 Å². The summed E-state index contributed by atoms with van der Waals surface area (Å²) >= 11 is 0. The van der Waals surface area contributed by atoms with Crippen LogP contribution in [0.2, 0.25) is 0 Å². The average Bonchev–Trinajstić information content (AvgIpc) is 2.71. The molecule has 4 heteroatoms. The quantitative estimate of drug-likeness (QED) is 0.601. The van der Waals surface area contributed by atoms with Gasteiger partial charge in [-0.25, -0.2) is 0 Å². The number of nitrogens with one attached hydrogen (secondary N) is 1. The molecule has 0 aliphatic rings. The van der Waals surface area contributed by atoms with Gasteiger partial charge in [0, 0.05) is 18.1 Å². The fraction of sp³-hybridized carbons (Fsp3) is 0.0909. The van der Waals surface area contributed by atoms with Gasteiger partial charge in [0.05, 0.1) is 18.2 Å². The van der Waals surface area contributed by atoms with Crippen LogP contribution in [-0.2, 0) is 6.54 Å². The maximum atomic E-state index is 12.6. The largest absolute Gasteiger partial charge is 0.497 e. The van der Waals surface area contributed by atoms with Crippen LogP contribution in [0.15, 0.2) is 72.9 Å². The summed E-state index contributed by atoms with van der Waals surface area (Å²) in [7, 11) is 1.66. The van der Waals surface area contributed by atoms with Gasteiger partial charge in [-0.2, -0.15) is 0 Å². The lowest BCUT2D eigenvalue weighted by Gasteiger charge is -2.09. The predicted molar refractivity (Wildman–Crippen MR) is 103 cm³/mol. The predicted octanol–water partition coefficient (Wildman–Crippen LogP) is 4.33. The first-order valence-corrected chi connectivity index (χ1v) is 8.43. The van der Waals surface area contributed by atoms with Crippen LogP contribution in [0, 0.1) is 0 Å². The van der Waals surface area contributed by atoms with Gasteiger partial charge in [-0.15, -0.1) is 0 Å². The number of aromatic nitrogens is 1. The standard InChI is InChI=1S/C22H18N2O2/c1-26-18-9-8-16-12-15(6-7-17(16)13-18)14-24-22(25)20-10-11-23-21-5-3-2-4-19(20)21/h2-13H,14H2,1H3,(H,24,25). The normalized spacial score (nSPS) is 10.8. The minimum atomic E-state index is -0.0987. The van der Waals surface area contributed by atoms with E-state index in [2.05, 4.69) is 16.4 Å². The number of pyridine rings is 1. The van der Waals surface area contributed by atoms with E-state index >= 15 is 0 Å². The van der Waals surface area contributed by atoms with Gasteiger partial charge in [0.1, 0.15) is 5.75 Å². The third kappa shape index (κ3) is 3.09. The van der Waals surface area contributed by atoms with Crippen LogP contribution in [0.1, 0.15) is 15.9 Å². The maximum Gasteiger partial charge on any atom is 0.252 e. The highest BCUT2D eigenvalue weighted by Crippen LogP contribution is 2.22. The molecule has 4 rings (SSSR count). The number of carbonyl (C=O) groups is 1. The van der Waals surface area contributed by atoms with E-state index in [1.54, 1.807) is 19.4 Å². The van der Waals surface area contributed by atoms with Gasteiger partial charge in [-0.1, -0.05) is 36.4 Å². The van der Waals surface area contributed by atoms with Crippen molar-refractivity contribution in [3.05, 3.63) is 84.1 Å². The van der Waals surface area contributed by atoms with E-state index in [9.17, 15) is 4.79 Å². The molecular formula is C22H18N2O2. The van der Waals surface area contributed by atoms with Crippen LogP contribution >= 0.6 is 0 Å². The summed E-state index contributed by atoms with van der Waals surface area (Å²) in [6.45, 7) is 0.470. The van der Waals surface area contributed by atoms with Crippen molar-refractivity contribution < 1.29 is 9.53 Å². The first-order valence-electron chi connectivity index (χ1n) is 8.43. The van der Waals surface area contributed by atoms with E-state index in [0.717, 1.165) is 33.0 Å². The highest BCUT2D eigenvalue weighted by Gasteiger charge is 2.10. The van der Waals surface area contributed by atoms with E-state index in [0.29, 0.717) is 12.1 Å². The molecule has 1 N–H and O–H groups in total. The second-order valence-electron chi connectivity index (χ2n) is 6.11. The number of hydrogen-bond donors (Lipinski definition) is 1. The molecule has 128 valence electrons. The smallest absolute Gasteiger partial charge is 0.252 e. The molecule has 4 nitrogen and oxygen atoms in total. The van der Waals surface area contributed by atoms with Crippen molar-refractivity contribution in [2.45, 2.75) is 6.54 Å². The van der Waals surface area contributed by atoms with Crippen LogP contribution in [0.4, 0.5) is 0 Å². The number of hydrogen-bond acceptors (Lipinski definition) is 3. The number of amides is 1. The SMILES string of the molecule is COc1ccc2cc(CNC(=O)c3ccnc4ccccc34)ccc2c1. The van der Waals surface area contributed by atoms with Crippen molar-refractivity contribution in [1.29, 1.82) is 0 Å². The Balaban J connectivity index is 1.54. The molecule has 26 heavy (non-hydrogen) atoms. The van der Waals surface area contributed by atoms with Crippen LogP contribution in [0.5, 0.6) is 5.75 Å². The Bertz CT molecular complexity index is 1100. The fourth-order valence-electron chi connectivity index (χ4n) is 3.08. The number of fused-ring (bicyclic) bond motifs is 2. The molecule has 0 aliphatic carbocycles. The van der Waals surface area contributed by atoms with Crippen molar-refractivity contribution in [3.8, 4) is 5.75 Å². The number of rotatable bonds is 4. The molecule has 0 bridgehead atoms. The summed E-state index contributed by atoms with van der Waals surface area (Å²) < 4.78 is 5.25. The zero-order chi connectivity index (χ0) is 17.9. The van der Waals surface area contributed by atoms with Gasteiger partial charge < -0.3 is 10.1 Å². The van der Waals surface area contributed by atoms with Crippen LogP contribution < -0.4 is 10.1 Å². The monoisotopic (exact) mass is 342 g/mol. The first-order chi connectivity index (χ1) is 12.7. The van der Waals surface area contributed by atoms with E-state index in [-0.39, 0.29) is 5.91 Å². The van der Waals surface area contributed by atoms with Gasteiger partial charge in [-0.3, -0.25) is 9.78 Å². The molecule has 1 amide bonds. The van der Waals surface area contributed by atoms with Crippen molar-refractivity contribution in [3.63, 3.8) is 0 Å². The third-order valence-electron chi connectivity index (χ3n) is 4.46. The topological polar surface area (TPSA) is 51.2 Å². The number of para-hydroxylation sites is 1. The number of benzene rings is 3. The molecular weight excluding hydrogens is 324 g/mol. The second-order valence-corrected chi connectivity index (χ2v) is 6.11. The summed E-state index contributed by atoms with van der Waals surface area (Å²) in [5.41, 5.74) is 2.51. The van der Waals surface area contributed by atoms with E-state index in [1.165, 1.54) is 0 Å². The third-order valence-corrected chi connectivity index (χ3v) is 4.46. The molecule has 0 aliphatic heterocycles. The summed E-state index contributed by atoms with van der Waals surface area (Å²) in [5, 5.41) is 6.09. The Morgan fingerprint density at radius 2 is 1.81 bits per heavy atom.